The van der Waals surface area contributed by atoms with Gasteiger partial charge in [-0.25, -0.2) is 0 Å². The molecule has 0 aromatic carbocycles. The van der Waals surface area contributed by atoms with Crippen LogP contribution in [0.4, 0.5) is 0 Å². The molecule has 1 N–H and O–H groups in total. The van der Waals surface area contributed by atoms with Crippen molar-refractivity contribution in [2.45, 2.75) is 39.2 Å². The topological polar surface area (TPSA) is 63.6 Å². The minimum absolute atomic E-state index is 0.0142. The Bertz CT molecular complexity index is 449. The largest absolute Gasteiger partial charge is 0.481 e. The summed E-state index contributed by atoms with van der Waals surface area (Å²) in [6.07, 6.45) is 4.18. The van der Waals surface area contributed by atoms with Gasteiger partial charge in [-0.15, -0.1) is 0 Å². The first-order chi connectivity index (χ1) is 8.39. The summed E-state index contributed by atoms with van der Waals surface area (Å²) >= 11 is 0. The summed E-state index contributed by atoms with van der Waals surface area (Å²) < 4.78 is 5.45. The second kappa shape index (κ2) is 3.59. The normalized spacial score (nSPS) is 40.8. The summed E-state index contributed by atoms with van der Waals surface area (Å²) in [4.78, 5) is 23.2. The van der Waals surface area contributed by atoms with E-state index in [0.717, 1.165) is 12.8 Å². The lowest BCUT2D eigenvalue weighted by Crippen LogP contribution is -2.41. The average Bonchev–Trinajstić information content (AvgIpc) is 2.55. The molecule has 4 atom stereocenters. The minimum atomic E-state index is -0.877. The molecule has 0 aromatic heterocycles. The van der Waals surface area contributed by atoms with Gasteiger partial charge in [0.15, 0.2) is 0 Å². The fourth-order valence-electron chi connectivity index (χ4n) is 3.91. The van der Waals surface area contributed by atoms with E-state index in [9.17, 15) is 14.7 Å². The number of carboxylic acid groups (broad SMARTS) is 1. The van der Waals surface area contributed by atoms with Gasteiger partial charge in [-0.2, -0.15) is 0 Å². The summed E-state index contributed by atoms with van der Waals surface area (Å²) in [5, 5.41) is 9.23. The number of esters is 1. The molecular weight excluding hydrogens is 232 g/mol. The van der Waals surface area contributed by atoms with E-state index in [2.05, 4.69) is 13.8 Å². The fraction of sp³-hybridized carbons (Fsp3) is 0.714. The molecule has 18 heavy (non-hydrogen) atoms. The van der Waals surface area contributed by atoms with Gasteiger partial charge >= 0.3 is 11.9 Å². The van der Waals surface area contributed by atoms with Gasteiger partial charge in [0.25, 0.3) is 0 Å². The minimum Gasteiger partial charge on any atom is -0.481 e. The molecule has 3 aliphatic rings. The molecule has 0 radical (unpaired) electrons. The molecule has 3 rings (SSSR count). The zero-order valence-electron chi connectivity index (χ0n) is 10.7. The number of hydrogen-bond donors (Lipinski definition) is 1. The van der Waals surface area contributed by atoms with Crippen LogP contribution in [0.1, 0.15) is 33.1 Å². The van der Waals surface area contributed by atoms with Crippen molar-refractivity contribution in [1.29, 1.82) is 0 Å². The molecule has 1 aliphatic heterocycles. The van der Waals surface area contributed by atoms with Gasteiger partial charge in [-0.3, -0.25) is 9.59 Å². The number of allylic oxidation sites excluding steroid dienone is 1. The molecular formula is C14H18O4. The lowest BCUT2D eigenvalue weighted by molar-refractivity contribution is -0.153. The van der Waals surface area contributed by atoms with Crippen molar-refractivity contribution < 1.29 is 19.4 Å². The highest BCUT2D eigenvalue weighted by Crippen LogP contribution is 2.53. The first kappa shape index (κ1) is 11.8. The van der Waals surface area contributed by atoms with Crippen LogP contribution >= 0.6 is 0 Å². The van der Waals surface area contributed by atoms with E-state index in [4.69, 9.17) is 4.74 Å². The van der Waals surface area contributed by atoms with E-state index in [-0.39, 0.29) is 23.4 Å². The lowest BCUT2D eigenvalue weighted by atomic mass is 9.61. The third kappa shape index (κ3) is 1.58. The summed E-state index contributed by atoms with van der Waals surface area (Å²) in [5.41, 5.74) is 1.38. The van der Waals surface area contributed by atoms with Crippen LogP contribution in [-0.2, 0) is 14.3 Å². The van der Waals surface area contributed by atoms with Gasteiger partial charge in [-0.1, -0.05) is 25.5 Å². The van der Waals surface area contributed by atoms with Crippen molar-refractivity contribution in [2.75, 3.05) is 0 Å². The lowest BCUT2D eigenvalue weighted by Gasteiger charge is -2.41. The fourth-order valence-corrected chi connectivity index (χ4v) is 3.91. The van der Waals surface area contributed by atoms with Gasteiger partial charge in [0.05, 0.1) is 11.8 Å². The molecule has 0 aromatic rings. The van der Waals surface area contributed by atoms with Gasteiger partial charge in [0.2, 0.25) is 0 Å². The molecule has 4 nitrogen and oxygen atoms in total. The first-order valence-corrected chi connectivity index (χ1v) is 6.51. The maximum atomic E-state index is 12.0. The van der Waals surface area contributed by atoms with Crippen molar-refractivity contribution in [3.05, 3.63) is 11.6 Å². The highest BCUT2D eigenvalue weighted by atomic mass is 16.6. The first-order valence-electron chi connectivity index (χ1n) is 6.51. The number of ether oxygens (including phenoxy) is 1. The Morgan fingerprint density at radius 3 is 2.83 bits per heavy atom. The van der Waals surface area contributed by atoms with Crippen LogP contribution in [0.2, 0.25) is 0 Å². The van der Waals surface area contributed by atoms with Crippen molar-refractivity contribution in [1.82, 2.24) is 0 Å². The number of carbonyl (C=O) groups excluding carboxylic acids is 1. The highest BCUT2D eigenvalue weighted by molar-refractivity contribution is 5.84. The Morgan fingerprint density at radius 2 is 2.17 bits per heavy atom. The predicted molar refractivity (Wildman–Crippen MR) is 63.7 cm³/mol. The molecule has 1 saturated heterocycles. The Hall–Kier alpha value is -1.32. The van der Waals surface area contributed by atoms with Gasteiger partial charge in [-0.05, 0) is 24.7 Å². The number of hydrogen-bond acceptors (Lipinski definition) is 3. The molecule has 1 saturated carbocycles. The molecule has 1 heterocycles. The molecule has 0 bridgehead atoms. The highest BCUT2D eigenvalue weighted by Gasteiger charge is 2.56. The van der Waals surface area contributed by atoms with Gasteiger partial charge in [0, 0.05) is 5.92 Å². The van der Waals surface area contributed by atoms with Crippen molar-refractivity contribution in [3.8, 4) is 0 Å². The summed E-state index contributed by atoms with van der Waals surface area (Å²) in [7, 11) is 0. The van der Waals surface area contributed by atoms with Crippen LogP contribution in [0.15, 0.2) is 11.6 Å². The van der Waals surface area contributed by atoms with Crippen LogP contribution in [0.25, 0.3) is 0 Å². The zero-order valence-corrected chi connectivity index (χ0v) is 10.7. The Kier molecular flexibility index (Phi) is 2.34. The summed E-state index contributed by atoms with van der Waals surface area (Å²) in [6, 6.07) is 0. The van der Waals surface area contributed by atoms with Gasteiger partial charge in [0.1, 0.15) is 6.10 Å². The van der Waals surface area contributed by atoms with Crippen molar-refractivity contribution >= 4 is 11.9 Å². The van der Waals surface area contributed by atoms with Crippen LogP contribution < -0.4 is 0 Å². The van der Waals surface area contributed by atoms with E-state index < -0.39 is 17.8 Å². The molecule has 4 heteroatoms. The maximum Gasteiger partial charge on any atom is 0.310 e. The smallest absolute Gasteiger partial charge is 0.310 e. The Labute approximate surface area is 106 Å². The average molecular weight is 250 g/mol. The summed E-state index contributed by atoms with van der Waals surface area (Å²) in [6.45, 7) is 4.35. The van der Waals surface area contributed by atoms with Crippen LogP contribution in [-0.4, -0.2) is 23.1 Å². The molecule has 2 aliphatic carbocycles. The predicted octanol–water partition coefficient (Wildman–Crippen LogP) is 2.00. The van der Waals surface area contributed by atoms with Crippen LogP contribution in [0.3, 0.4) is 0 Å². The van der Waals surface area contributed by atoms with E-state index >= 15 is 0 Å². The molecule has 2 fully saturated rings. The molecule has 0 spiro atoms. The van der Waals surface area contributed by atoms with E-state index in [1.807, 2.05) is 6.08 Å². The van der Waals surface area contributed by atoms with Crippen LogP contribution in [0, 0.1) is 23.2 Å². The van der Waals surface area contributed by atoms with E-state index in [1.54, 1.807) is 0 Å². The van der Waals surface area contributed by atoms with Crippen LogP contribution in [0.5, 0.6) is 0 Å². The second-order valence-electron chi connectivity index (χ2n) is 6.53. The van der Waals surface area contributed by atoms with E-state index in [1.165, 1.54) is 5.57 Å². The Morgan fingerprint density at radius 1 is 1.44 bits per heavy atom. The van der Waals surface area contributed by atoms with Crippen molar-refractivity contribution in [3.63, 3.8) is 0 Å². The molecule has 98 valence electrons. The monoisotopic (exact) mass is 250 g/mol. The number of carboxylic acids is 1. The van der Waals surface area contributed by atoms with Gasteiger partial charge < -0.3 is 9.84 Å². The molecule has 0 amide bonds. The maximum absolute atomic E-state index is 12.0. The third-order valence-electron chi connectivity index (χ3n) is 4.58. The standard InChI is InChI=1S/C14H18O4/c1-14(2)5-7-3-4-8(12(15)16)11-10(7)9(6-14)18-13(11)17/h3,8-11H,4-6H2,1-2H3,(H,15,16). The number of aliphatic carboxylic acids is 1. The third-order valence-corrected chi connectivity index (χ3v) is 4.58. The number of carbonyl (C=O) groups is 2. The SMILES string of the molecule is CC1(C)CC2=CCC(C(=O)O)C3C(=O)OC(C1)C23. The zero-order chi connectivity index (χ0) is 13.1. The number of rotatable bonds is 1. The quantitative estimate of drug-likeness (QED) is 0.571. The Balaban J connectivity index is 2.00. The molecule has 4 unspecified atom stereocenters. The summed E-state index contributed by atoms with van der Waals surface area (Å²) in [5.74, 6) is -2.22. The second-order valence-corrected chi connectivity index (χ2v) is 6.53. The van der Waals surface area contributed by atoms with Crippen molar-refractivity contribution in [2.24, 2.45) is 23.2 Å². The van der Waals surface area contributed by atoms with E-state index in [0.29, 0.717) is 6.42 Å².